The van der Waals surface area contributed by atoms with E-state index in [0.717, 1.165) is 37.7 Å². The summed E-state index contributed by atoms with van der Waals surface area (Å²) in [7, 11) is 0. The molecule has 3 saturated carbocycles. The molecule has 0 unspecified atom stereocenters. The molecule has 5 rings (SSSR count). The van der Waals surface area contributed by atoms with Crippen LogP contribution >= 0.6 is 0 Å². The molecule has 0 saturated heterocycles. The number of fused-ring (bicyclic) bond motifs is 7. The normalized spacial score (nSPS) is 50.3. The molecule has 0 aromatic heterocycles. The largest absolute Gasteiger partial charge is 0.377 e. The number of carbonyl (C=O) groups excluding carboxylic acids is 3. The molecular weight excluding hydrogens is 400 g/mol. The maximum Gasteiger partial charge on any atom is 0.238 e. The first-order valence-electron chi connectivity index (χ1n) is 12.2. The van der Waals surface area contributed by atoms with Crippen LogP contribution in [0.3, 0.4) is 0 Å². The Bertz CT molecular complexity index is 1060. The van der Waals surface area contributed by atoms with E-state index in [4.69, 9.17) is 0 Å². The smallest absolute Gasteiger partial charge is 0.238 e. The number of carbonyl (C=O) groups is 3. The molecule has 5 aliphatic carbocycles. The van der Waals surface area contributed by atoms with Crippen LogP contribution in [0.5, 0.6) is 0 Å². The van der Waals surface area contributed by atoms with Gasteiger partial charge in [-0.1, -0.05) is 52.3 Å². The van der Waals surface area contributed by atoms with E-state index in [1.165, 1.54) is 18.6 Å². The highest BCUT2D eigenvalue weighted by Crippen LogP contribution is 2.74. The Hall–Kier alpha value is -1.81. The molecule has 0 radical (unpaired) electrons. The molecule has 0 aromatic rings. The predicted molar refractivity (Wildman–Crippen MR) is 123 cm³/mol. The minimum atomic E-state index is -1.77. The average Bonchev–Trinajstić information content (AvgIpc) is 2.71. The Labute approximate surface area is 191 Å². The second-order valence-corrected chi connectivity index (χ2v) is 12.6. The van der Waals surface area contributed by atoms with Gasteiger partial charge in [-0.2, -0.15) is 0 Å². The SMILES string of the molecule is C[C@@H]1C[C@@H]2[C@@](C)(CC[C@]3(C)C4=CC=C5C(=CC(=O)C(=O)[C@@]5(C)O)[C@]4(C)CC[C@@]23C)CC1=O. The van der Waals surface area contributed by atoms with E-state index in [0.29, 0.717) is 23.7 Å². The van der Waals surface area contributed by atoms with Crippen LogP contribution in [0.25, 0.3) is 0 Å². The summed E-state index contributed by atoms with van der Waals surface area (Å²) in [6.45, 7) is 12.9. The van der Waals surface area contributed by atoms with Crippen molar-refractivity contribution in [1.29, 1.82) is 0 Å². The van der Waals surface area contributed by atoms with Gasteiger partial charge in [0, 0.05) is 17.8 Å². The maximum absolute atomic E-state index is 12.6. The van der Waals surface area contributed by atoms with E-state index in [-0.39, 0.29) is 27.6 Å². The third-order valence-corrected chi connectivity index (χ3v) is 10.9. The molecule has 0 aliphatic heterocycles. The Morgan fingerprint density at radius 3 is 2.28 bits per heavy atom. The van der Waals surface area contributed by atoms with Crippen molar-refractivity contribution in [3.63, 3.8) is 0 Å². The van der Waals surface area contributed by atoms with Gasteiger partial charge in [-0.25, -0.2) is 0 Å². The Morgan fingerprint density at radius 2 is 1.59 bits per heavy atom. The summed E-state index contributed by atoms with van der Waals surface area (Å²) in [6.07, 6.45) is 11.1. The number of hydrogen-bond acceptors (Lipinski definition) is 4. The standard InChI is InChI=1S/C28H36O4/c1-16-13-22-24(2,15-20(16)30)9-11-26(4)21-8-7-17-18(14-19(29)23(31)28(17,6)32)25(21,3)10-12-27(22,26)5/h7-8,14,16,22,32H,9-13,15H2,1-6H3/t16-,22-,24+,25+,26-,27+,28+/m1/s1. The highest BCUT2D eigenvalue weighted by Gasteiger charge is 2.67. The molecule has 4 nitrogen and oxygen atoms in total. The van der Waals surface area contributed by atoms with Gasteiger partial charge in [0.1, 0.15) is 5.78 Å². The lowest BCUT2D eigenvalue weighted by Gasteiger charge is -2.69. The minimum absolute atomic E-state index is 0.0536. The van der Waals surface area contributed by atoms with E-state index in [9.17, 15) is 19.5 Å². The number of allylic oxidation sites excluding steroid dienone is 4. The van der Waals surface area contributed by atoms with Crippen molar-refractivity contribution in [1.82, 2.24) is 0 Å². The van der Waals surface area contributed by atoms with E-state index in [1.807, 2.05) is 6.08 Å². The van der Waals surface area contributed by atoms with Gasteiger partial charge in [0.15, 0.2) is 5.60 Å². The molecule has 5 aliphatic rings. The molecule has 0 amide bonds. The number of rotatable bonds is 0. The highest BCUT2D eigenvalue weighted by atomic mass is 16.3. The highest BCUT2D eigenvalue weighted by molar-refractivity contribution is 6.46. The third kappa shape index (κ3) is 2.40. The van der Waals surface area contributed by atoms with Crippen LogP contribution in [0.1, 0.15) is 80.1 Å². The number of aliphatic hydroxyl groups is 1. The van der Waals surface area contributed by atoms with Gasteiger partial charge < -0.3 is 5.11 Å². The third-order valence-electron chi connectivity index (χ3n) is 10.9. The zero-order chi connectivity index (χ0) is 23.5. The first kappa shape index (κ1) is 22.0. The van der Waals surface area contributed by atoms with Crippen molar-refractivity contribution in [3.05, 3.63) is 34.9 Å². The van der Waals surface area contributed by atoms with Gasteiger partial charge in [-0.3, -0.25) is 14.4 Å². The van der Waals surface area contributed by atoms with Gasteiger partial charge in [-0.05, 0) is 78.4 Å². The second kappa shape index (κ2) is 6.20. The second-order valence-electron chi connectivity index (χ2n) is 12.6. The van der Waals surface area contributed by atoms with E-state index >= 15 is 0 Å². The lowest BCUT2D eigenvalue weighted by Crippen LogP contribution is -2.62. The summed E-state index contributed by atoms with van der Waals surface area (Å²) in [5, 5.41) is 11.0. The van der Waals surface area contributed by atoms with Gasteiger partial charge in [0.25, 0.3) is 0 Å². The lowest BCUT2D eigenvalue weighted by atomic mass is 9.35. The number of ketones is 3. The quantitative estimate of drug-likeness (QED) is 0.548. The van der Waals surface area contributed by atoms with Crippen LogP contribution in [-0.2, 0) is 14.4 Å². The van der Waals surface area contributed by atoms with Crippen LogP contribution in [0.2, 0.25) is 0 Å². The summed E-state index contributed by atoms with van der Waals surface area (Å²) in [4.78, 5) is 37.6. The molecule has 172 valence electrons. The molecule has 0 aromatic carbocycles. The van der Waals surface area contributed by atoms with Gasteiger partial charge in [-0.15, -0.1) is 0 Å². The zero-order valence-corrected chi connectivity index (χ0v) is 20.3. The molecular formula is C28H36O4. The topological polar surface area (TPSA) is 71.4 Å². The molecule has 0 heterocycles. The summed E-state index contributed by atoms with van der Waals surface area (Å²) < 4.78 is 0. The fourth-order valence-electron chi connectivity index (χ4n) is 8.53. The summed E-state index contributed by atoms with van der Waals surface area (Å²) in [5.74, 6) is -0.331. The van der Waals surface area contributed by atoms with Crippen LogP contribution < -0.4 is 0 Å². The number of hydrogen-bond donors (Lipinski definition) is 1. The molecule has 7 atom stereocenters. The van der Waals surface area contributed by atoms with E-state index in [1.54, 1.807) is 0 Å². The fourth-order valence-corrected chi connectivity index (χ4v) is 8.53. The van der Waals surface area contributed by atoms with Crippen molar-refractivity contribution < 1.29 is 19.5 Å². The average molecular weight is 437 g/mol. The predicted octanol–water partition coefficient (Wildman–Crippen LogP) is 4.91. The molecule has 0 spiro atoms. The Kier molecular flexibility index (Phi) is 4.26. The number of Topliss-reactive ketones (excluding diaryl/α,β-unsaturated/α-hetero) is 2. The fraction of sp³-hybridized carbons (Fsp3) is 0.679. The molecule has 3 fully saturated rings. The summed E-state index contributed by atoms with van der Waals surface area (Å²) in [5.41, 5.74) is 0.649. The van der Waals surface area contributed by atoms with Crippen LogP contribution in [0, 0.1) is 33.5 Å². The molecule has 1 N–H and O–H groups in total. The van der Waals surface area contributed by atoms with Crippen LogP contribution in [0.4, 0.5) is 0 Å². The Balaban J connectivity index is 1.66. The van der Waals surface area contributed by atoms with E-state index in [2.05, 4.69) is 40.7 Å². The van der Waals surface area contributed by atoms with Crippen molar-refractivity contribution in [3.8, 4) is 0 Å². The zero-order valence-electron chi connectivity index (χ0n) is 20.3. The van der Waals surface area contributed by atoms with E-state index < -0.39 is 17.2 Å². The van der Waals surface area contributed by atoms with Crippen molar-refractivity contribution in [2.45, 2.75) is 85.7 Å². The van der Waals surface area contributed by atoms with Gasteiger partial charge in [0.05, 0.1) is 0 Å². The van der Waals surface area contributed by atoms with Crippen molar-refractivity contribution in [2.75, 3.05) is 0 Å². The summed E-state index contributed by atoms with van der Waals surface area (Å²) in [6, 6.07) is 0. The first-order valence-corrected chi connectivity index (χ1v) is 12.2. The summed E-state index contributed by atoms with van der Waals surface area (Å²) >= 11 is 0. The molecule has 4 heteroatoms. The van der Waals surface area contributed by atoms with Crippen LogP contribution in [-0.4, -0.2) is 28.1 Å². The molecule has 0 bridgehead atoms. The van der Waals surface area contributed by atoms with Gasteiger partial charge in [0.2, 0.25) is 11.6 Å². The monoisotopic (exact) mass is 436 g/mol. The Morgan fingerprint density at radius 1 is 0.906 bits per heavy atom. The van der Waals surface area contributed by atoms with Gasteiger partial charge >= 0.3 is 0 Å². The van der Waals surface area contributed by atoms with Crippen LogP contribution in [0.15, 0.2) is 34.9 Å². The van der Waals surface area contributed by atoms with Crippen molar-refractivity contribution >= 4 is 17.3 Å². The minimum Gasteiger partial charge on any atom is -0.377 e. The lowest BCUT2D eigenvalue weighted by molar-refractivity contribution is -0.161. The van der Waals surface area contributed by atoms with Crippen molar-refractivity contribution in [2.24, 2.45) is 33.5 Å². The molecule has 32 heavy (non-hydrogen) atoms. The maximum atomic E-state index is 12.6. The first-order chi connectivity index (χ1) is 14.7.